The molecular weight excluding hydrogens is 258 g/mol. The van der Waals surface area contributed by atoms with Crippen molar-refractivity contribution in [3.05, 3.63) is 23.9 Å². The Morgan fingerprint density at radius 1 is 1.19 bits per heavy atom. The van der Waals surface area contributed by atoms with Crippen molar-refractivity contribution in [2.45, 2.75) is 46.1 Å². The maximum absolute atomic E-state index is 4.64. The summed E-state index contributed by atoms with van der Waals surface area (Å²) in [7, 11) is 0. The van der Waals surface area contributed by atoms with E-state index >= 15 is 0 Å². The smallest absolute Gasteiger partial charge is 0.128 e. The van der Waals surface area contributed by atoms with E-state index in [-0.39, 0.29) is 0 Å². The molecule has 1 aromatic heterocycles. The predicted molar refractivity (Wildman–Crippen MR) is 88.4 cm³/mol. The third-order valence-electron chi connectivity index (χ3n) is 4.37. The van der Waals surface area contributed by atoms with Gasteiger partial charge in [0.25, 0.3) is 0 Å². The van der Waals surface area contributed by atoms with Gasteiger partial charge in [0.1, 0.15) is 5.82 Å². The molecule has 1 N–H and O–H groups in total. The molecule has 0 atom stereocenters. The van der Waals surface area contributed by atoms with Crippen LogP contribution in [0.3, 0.4) is 0 Å². The lowest BCUT2D eigenvalue weighted by atomic mass is 10.2. The Balaban J connectivity index is 1.60. The molecule has 0 saturated heterocycles. The van der Waals surface area contributed by atoms with Crippen molar-refractivity contribution in [1.29, 1.82) is 0 Å². The molecule has 2 fully saturated rings. The third kappa shape index (κ3) is 4.99. The van der Waals surface area contributed by atoms with Gasteiger partial charge < -0.3 is 10.2 Å². The number of hydrogen-bond acceptors (Lipinski definition) is 3. The van der Waals surface area contributed by atoms with Gasteiger partial charge in [0, 0.05) is 25.8 Å². The van der Waals surface area contributed by atoms with E-state index in [1.807, 2.05) is 6.20 Å². The molecule has 0 unspecified atom stereocenters. The minimum absolute atomic E-state index is 0.701. The predicted octanol–water partition coefficient (Wildman–Crippen LogP) is 3.45. The number of hydrogen-bond donors (Lipinski definition) is 1. The van der Waals surface area contributed by atoms with E-state index in [0.29, 0.717) is 5.92 Å². The van der Waals surface area contributed by atoms with Gasteiger partial charge in [0.2, 0.25) is 0 Å². The van der Waals surface area contributed by atoms with Gasteiger partial charge in [0.05, 0.1) is 0 Å². The van der Waals surface area contributed by atoms with Crippen LogP contribution in [-0.2, 0) is 6.54 Å². The summed E-state index contributed by atoms with van der Waals surface area (Å²) in [4.78, 5) is 7.19. The van der Waals surface area contributed by atoms with Crippen molar-refractivity contribution in [2.24, 2.45) is 17.8 Å². The molecular formula is C18H29N3. The number of nitrogens with one attached hydrogen (secondary N) is 1. The Morgan fingerprint density at radius 2 is 1.86 bits per heavy atom. The number of rotatable bonds is 9. The van der Waals surface area contributed by atoms with Gasteiger partial charge in [-0.15, -0.1) is 0 Å². The fourth-order valence-corrected chi connectivity index (χ4v) is 2.73. The summed E-state index contributed by atoms with van der Waals surface area (Å²) in [5.41, 5.74) is 1.36. The van der Waals surface area contributed by atoms with E-state index < -0.39 is 0 Å². The van der Waals surface area contributed by atoms with E-state index in [2.05, 4.69) is 41.2 Å². The average Bonchev–Trinajstić information content (AvgIpc) is 3.33. The van der Waals surface area contributed by atoms with Gasteiger partial charge in [0.15, 0.2) is 0 Å². The molecule has 3 rings (SSSR count). The third-order valence-corrected chi connectivity index (χ3v) is 4.37. The lowest BCUT2D eigenvalue weighted by molar-refractivity contribution is 0.552. The SMILES string of the molecule is CC(C)CNCc1ccnc(N(CC2CC2)CC2CC2)c1. The first kappa shape index (κ1) is 14.8. The van der Waals surface area contributed by atoms with Crippen molar-refractivity contribution < 1.29 is 0 Å². The summed E-state index contributed by atoms with van der Waals surface area (Å²) < 4.78 is 0. The van der Waals surface area contributed by atoms with Crippen molar-refractivity contribution in [3.63, 3.8) is 0 Å². The van der Waals surface area contributed by atoms with Crippen LogP contribution in [0, 0.1) is 17.8 Å². The standard InChI is InChI=1S/C18H29N3/c1-14(2)10-19-11-17-7-8-20-18(9-17)21(12-15-3-4-15)13-16-5-6-16/h7-9,14-16,19H,3-6,10-13H2,1-2H3. The first-order valence-electron chi connectivity index (χ1n) is 8.61. The van der Waals surface area contributed by atoms with Crippen LogP contribution in [0.15, 0.2) is 18.3 Å². The van der Waals surface area contributed by atoms with E-state index in [1.165, 1.54) is 50.2 Å². The fraction of sp³-hybridized carbons (Fsp3) is 0.722. The van der Waals surface area contributed by atoms with Gasteiger partial charge in [-0.2, -0.15) is 0 Å². The minimum atomic E-state index is 0.701. The van der Waals surface area contributed by atoms with Crippen molar-refractivity contribution >= 4 is 5.82 Å². The lowest BCUT2D eigenvalue weighted by Gasteiger charge is -2.24. The molecule has 0 bridgehead atoms. The highest BCUT2D eigenvalue weighted by atomic mass is 15.2. The Hall–Kier alpha value is -1.09. The van der Waals surface area contributed by atoms with E-state index in [9.17, 15) is 0 Å². The number of aromatic nitrogens is 1. The van der Waals surface area contributed by atoms with Crippen LogP contribution in [0.4, 0.5) is 5.82 Å². The molecule has 21 heavy (non-hydrogen) atoms. The van der Waals surface area contributed by atoms with Crippen molar-refractivity contribution in [1.82, 2.24) is 10.3 Å². The molecule has 0 amide bonds. The highest BCUT2D eigenvalue weighted by Gasteiger charge is 2.29. The van der Waals surface area contributed by atoms with E-state index in [1.54, 1.807) is 0 Å². The molecule has 0 spiro atoms. The molecule has 2 aliphatic carbocycles. The summed E-state index contributed by atoms with van der Waals surface area (Å²) >= 11 is 0. The van der Waals surface area contributed by atoms with E-state index in [0.717, 1.165) is 24.9 Å². The van der Waals surface area contributed by atoms with Gasteiger partial charge in [-0.3, -0.25) is 0 Å². The minimum Gasteiger partial charge on any atom is -0.356 e. The molecule has 0 aromatic carbocycles. The summed E-state index contributed by atoms with van der Waals surface area (Å²) in [6.45, 7) is 8.95. The van der Waals surface area contributed by atoms with Crippen molar-refractivity contribution in [2.75, 3.05) is 24.5 Å². The van der Waals surface area contributed by atoms with Crippen LogP contribution in [0.5, 0.6) is 0 Å². The molecule has 3 nitrogen and oxygen atoms in total. The number of nitrogens with zero attached hydrogens (tertiary/aromatic N) is 2. The molecule has 116 valence electrons. The van der Waals surface area contributed by atoms with Crippen LogP contribution in [0.2, 0.25) is 0 Å². The highest BCUT2D eigenvalue weighted by molar-refractivity contribution is 5.41. The normalized spacial score (nSPS) is 18.2. The van der Waals surface area contributed by atoms with Gasteiger partial charge in [-0.1, -0.05) is 13.8 Å². The summed E-state index contributed by atoms with van der Waals surface area (Å²) in [6, 6.07) is 4.43. The van der Waals surface area contributed by atoms with Crippen molar-refractivity contribution in [3.8, 4) is 0 Å². The summed E-state index contributed by atoms with van der Waals surface area (Å²) in [5, 5.41) is 3.53. The highest BCUT2D eigenvalue weighted by Crippen LogP contribution is 2.35. The van der Waals surface area contributed by atoms with Crippen LogP contribution >= 0.6 is 0 Å². The second-order valence-electron chi connectivity index (χ2n) is 7.34. The molecule has 0 aliphatic heterocycles. The number of pyridine rings is 1. The monoisotopic (exact) mass is 287 g/mol. The Kier molecular flexibility index (Phi) is 4.79. The zero-order chi connectivity index (χ0) is 14.7. The topological polar surface area (TPSA) is 28.2 Å². The maximum atomic E-state index is 4.64. The summed E-state index contributed by atoms with van der Waals surface area (Å²) in [5.74, 6) is 3.74. The number of anilines is 1. The molecule has 1 heterocycles. The average molecular weight is 287 g/mol. The molecule has 1 aromatic rings. The van der Waals surface area contributed by atoms with Crippen LogP contribution in [0.1, 0.15) is 45.1 Å². The molecule has 2 aliphatic rings. The Bertz CT molecular complexity index is 436. The Labute approximate surface area is 129 Å². The first-order chi connectivity index (χ1) is 10.2. The van der Waals surface area contributed by atoms with Crippen LogP contribution in [-0.4, -0.2) is 24.6 Å². The van der Waals surface area contributed by atoms with Gasteiger partial charge in [-0.05, 0) is 67.7 Å². The quantitative estimate of drug-likeness (QED) is 0.754. The first-order valence-corrected chi connectivity index (χ1v) is 8.61. The second kappa shape index (κ2) is 6.78. The van der Waals surface area contributed by atoms with Crippen LogP contribution < -0.4 is 10.2 Å². The van der Waals surface area contributed by atoms with E-state index in [4.69, 9.17) is 0 Å². The molecule has 2 saturated carbocycles. The Morgan fingerprint density at radius 3 is 2.43 bits per heavy atom. The van der Waals surface area contributed by atoms with Crippen LogP contribution in [0.25, 0.3) is 0 Å². The lowest BCUT2D eigenvalue weighted by Crippen LogP contribution is -2.29. The van der Waals surface area contributed by atoms with Gasteiger partial charge in [-0.25, -0.2) is 4.98 Å². The second-order valence-corrected chi connectivity index (χ2v) is 7.34. The summed E-state index contributed by atoms with van der Waals surface area (Å²) in [6.07, 6.45) is 7.63. The zero-order valence-electron chi connectivity index (χ0n) is 13.5. The largest absolute Gasteiger partial charge is 0.356 e. The molecule has 0 radical (unpaired) electrons. The zero-order valence-corrected chi connectivity index (χ0v) is 13.5. The maximum Gasteiger partial charge on any atom is 0.128 e. The molecule has 3 heteroatoms. The van der Waals surface area contributed by atoms with Gasteiger partial charge >= 0.3 is 0 Å². The fourth-order valence-electron chi connectivity index (χ4n) is 2.73.